The maximum atomic E-state index is 9.14. The lowest BCUT2D eigenvalue weighted by atomic mass is 9.97. The second kappa shape index (κ2) is 5.48. The first-order valence-corrected chi connectivity index (χ1v) is 5.18. The van der Waals surface area contributed by atoms with Gasteiger partial charge < -0.3 is 5.11 Å². The monoisotopic (exact) mass is 190 g/mol. The molecule has 0 amide bonds. The molecular weight excluding hydrogens is 172 g/mol. The predicted octanol–water partition coefficient (Wildman–Crippen LogP) is 3.85. The first kappa shape index (κ1) is 10.8. The summed E-state index contributed by atoms with van der Waals surface area (Å²) in [5, 5.41) is 9.14. The van der Waals surface area contributed by atoms with Crippen LogP contribution in [0.5, 0.6) is 5.75 Å². The zero-order valence-electron chi connectivity index (χ0n) is 8.90. The molecule has 1 unspecified atom stereocenters. The van der Waals surface area contributed by atoms with E-state index in [0.29, 0.717) is 11.7 Å². The zero-order valence-corrected chi connectivity index (χ0v) is 8.90. The number of hydrogen-bond donors (Lipinski definition) is 1. The Morgan fingerprint density at radius 2 is 1.86 bits per heavy atom. The molecule has 1 N–H and O–H groups in total. The second-order valence-electron chi connectivity index (χ2n) is 3.61. The van der Waals surface area contributed by atoms with Crippen molar-refractivity contribution in [2.45, 2.75) is 32.6 Å². The molecule has 1 aromatic rings. The van der Waals surface area contributed by atoms with E-state index in [9.17, 15) is 0 Å². The molecule has 0 aliphatic rings. The van der Waals surface area contributed by atoms with Crippen LogP contribution in [-0.2, 0) is 0 Å². The lowest BCUT2D eigenvalue weighted by Crippen LogP contribution is -1.90. The van der Waals surface area contributed by atoms with Crippen LogP contribution >= 0.6 is 0 Å². The Hall–Kier alpha value is -1.24. The highest BCUT2D eigenvalue weighted by Gasteiger charge is 2.02. The number of allylic oxidation sites excluding steroid dienone is 2. The summed E-state index contributed by atoms with van der Waals surface area (Å²) in [4.78, 5) is 0. The fourth-order valence-corrected chi connectivity index (χ4v) is 1.41. The molecule has 14 heavy (non-hydrogen) atoms. The van der Waals surface area contributed by atoms with Crippen molar-refractivity contribution in [3.05, 3.63) is 42.0 Å². The van der Waals surface area contributed by atoms with Crippen LogP contribution in [0.2, 0.25) is 0 Å². The molecule has 0 heterocycles. The van der Waals surface area contributed by atoms with Gasteiger partial charge >= 0.3 is 0 Å². The van der Waals surface area contributed by atoms with Crippen LogP contribution < -0.4 is 0 Å². The van der Waals surface area contributed by atoms with Gasteiger partial charge in [0.05, 0.1) is 0 Å². The third-order valence-electron chi connectivity index (χ3n) is 2.35. The number of phenolic OH excluding ortho intramolecular Hbond substituents is 1. The Labute approximate surface area is 86.1 Å². The highest BCUT2D eigenvalue weighted by atomic mass is 16.3. The summed E-state index contributed by atoms with van der Waals surface area (Å²) in [7, 11) is 0. The molecule has 0 bridgehead atoms. The van der Waals surface area contributed by atoms with Gasteiger partial charge in [0, 0.05) is 0 Å². The van der Waals surface area contributed by atoms with Crippen LogP contribution in [0.25, 0.3) is 0 Å². The van der Waals surface area contributed by atoms with E-state index in [1.807, 2.05) is 12.1 Å². The first-order valence-electron chi connectivity index (χ1n) is 5.18. The largest absolute Gasteiger partial charge is 0.508 e. The summed E-state index contributed by atoms with van der Waals surface area (Å²) in [5.74, 6) is 0.864. The van der Waals surface area contributed by atoms with Gasteiger partial charge in [0.25, 0.3) is 0 Å². The third-order valence-corrected chi connectivity index (χ3v) is 2.35. The Balaban J connectivity index is 2.56. The Kier molecular flexibility index (Phi) is 4.24. The summed E-state index contributed by atoms with van der Waals surface area (Å²) in [6, 6.07) is 7.46. The Morgan fingerprint density at radius 1 is 1.21 bits per heavy atom. The third kappa shape index (κ3) is 3.25. The number of phenols is 1. The van der Waals surface area contributed by atoms with E-state index in [4.69, 9.17) is 5.11 Å². The molecule has 0 radical (unpaired) electrons. The lowest BCUT2D eigenvalue weighted by Gasteiger charge is -2.08. The molecule has 0 aliphatic heterocycles. The molecule has 1 nitrogen and oxygen atoms in total. The second-order valence-corrected chi connectivity index (χ2v) is 3.61. The van der Waals surface area contributed by atoms with Gasteiger partial charge in [0.15, 0.2) is 0 Å². The van der Waals surface area contributed by atoms with Crippen LogP contribution in [0.3, 0.4) is 0 Å². The van der Waals surface area contributed by atoms with Gasteiger partial charge in [0.1, 0.15) is 5.75 Å². The van der Waals surface area contributed by atoms with E-state index in [1.165, 1.54) is 5.56 Å². The highest BCUT2D eigenvalue weighted by molar-refractivity contribution is 5.28. The maximum absolute atomic E-state index is 9.14. The molecule has 0 spiro atoms. The van der Waals surface area contributed by atoms with Gasteiger partial charge in [-0.1, -0.05) is 38.1 Å². The van der Waals surface area contributed by atoms with E-state index in [0.717, 1.165) is 12.8 Å². The molecule has 1 aromatic carbocycles. The molecule has 1 heteroatoms. The number of benzene rings is 1. The van der Waals surface area contributed by atoms with Gasteiger partial charge in [-0.3, -0.25) is 0 Å². The number of hydrogen-bond acceptors (Lipinski definition) is 1. The van der Waals surface area contributed by atoms with Crippen molar-refractivity contribution in [2.24, 2.45) is 0 Å². The van der Waals surface area contributed by atoms with Gasteiger partial charge in [-0.25, -0.2) is 0 Å². The Bertz CT molecular complexity index is 285. The predicted molar refractivity (Wildman–Crippen MR) is 60.6 cm³/mol. The standard InChI is InChI=1S/C13H18O/c1-3-4-5-6-11(2)12-7-9-13(14)10-8-12/h4-5,7-11,14H,3,6H2,1-2H3. The molecule has 0 saturated heterocycles. The first-order chi connectivity index (χ1) is 6.74. The molecule has 0 aliphatic carbocycles. The van der Waals surface area contributed by atoms with Crippen molar-refractivity contribution in [3.8, 4) is 5.75 Å². The van der Waals surface area contributed by atoms with E-state index in [2.05, 4.69) is 26.0 Å². The molecule has 0 saturated carbocycles. The average molecular weight is 190 g/mol. The molecule has 76 valence electrons. The van der Waals surface area contributed by atoms with Crippen molar-refractivity contribution in [1.29, 1.82) is 0 Å². The van der Waals surface area contributed by atoms with Crippen molar-refractivity contribution < 1.29 is 5.11 Å². The van der Waals surface area contributed by atoms with Crippen molar-refractivity contribution in [3.63, 3.8) is 0 Å². The van der Waals surface area contributed by atoms with Crippen molar-refractivity contribution in [2.75, 3.05) is 0 Å². The van der Waals surface area contributed by atoms with Crippen LogP contribution in [0, 0.1) is 0 Å². The van der Waals surface area contributed by atoms with Crippen LogP contribution in [-0.4, -0.2) is 5.11 Å². The normalized spacial score (nSPS) is 13.3. The topological polar surface area (TPSA) is 20.2 Å². The van der Waals surface area contributed by atoms with Gasteiger partial charge in [-0.2, -0.15) is 0 Å². The molecule has 0 aromatic heterocycles. The average Bonchev–Trinajstić information content (AvgIpc) is 2.19. The number of aromatic hydroxyl groups is 1. The highest BCUT2D eigenvalue weighted by Crippen LogP contribution is 2.21. The Morgan fingerprint density at radius 3 is 2.43 bits per heavy atom. The molecular formula is C13H18O. The van der Waals surface area contributed by atoms with E-state index in [-0.39, 0.29) is 0 Å². The van der Waals surface area contributed by atoms with Gasteiger partial charge in [-0.05, 0) is 36.5 Å². The molecule has 1 atom stereocenters. The van der Waals surface area contributed by atoms with Crippen LogP contribution in [0.4, 0.5) is 0 Å². The van der Waals surface area contributed by atoms with Gasteiger partial charge in [0.2, 0.25) is 0 Å². The smallest absolute Gasteiger partial charge is 0.115 e. The van der Waals surface area contributed by atoms with E-state index in [1.54, 1.807) is 12.1 Å². The minimum atomic E-state index is 0.338. The van der Waals surface area contributed by atoms with Crippen molar-refractivity contribution in [1.82, 2.24) is 0 Å². The van der Waals surface area contributed by atoms with Crippen LogP contribution in [0.1, 0.15) is 38.2 Å². The lowest BCUT2D eigenvalue weighted by molar-refractivity contribution is 0.475. The summed E-state index contributed by atoms with van der Waals surface area (Å²) in [6.45, 7) is 4.34. The maximum Gasteiger partial charge on any atom is 0.115 e. The van der Waals surface area contributed by atoms with E-state index < -0.39 is 0 Å². The minimum Gasteiger partial charge on any atom is -0.508 e. The van der Waals surface area contributed by atoms with Crippen LogP contribution in [0.15, 0.2) is 36.4 Å². The fraction of sp³-hybridized carbons (Fsp3) is 0.385. The van der Waals surface area contributed by atoms with Gasteiger partial charge in [-0.15, -0.1) is 0 Å². The zero-order chi connectivity index (χ0) is 10.4. The minimum absolute atomic E-state index is 0.338. The number of rotatable bonds is 4. The summed E-state index contributed by atoms with van der Waals surface area (Å²) >= 11 is 0. The SMILES string of the molecule is CCC=CCC(C)c1ccc(O)cc1. The summed E-state index contributed by atoms with van der Waals surface area (Å²) in [5.41, 5.74) is 1.28. The summed E-state index contributed by atoms with van der Waals surface area (Å²) in [6.07, 6.45) is 6.58. The van der Waals surface area contributed by atoms with Crippen molar-refractivity contribution >= 4 is 0 Å². The molecule has 1 rings (SSSR count). The molecule has 0 fully saturated rings. The quantitative estimate of drug-likeness (QED) is 0.715. The summed E-state index contributed by atoms with van der Waals surface area (Å²) < 4.78 is 0. The fourth-order valence-electron chi connectivity index (χ4n) is 1.41. The van der Waals surface area contributed by atoms with E-state index >= 15 is 0 Å².